The normalized spacial score (nSPS) is 21.9. The van der Waals surface area contributed by atoms with Gasteiger partial charge in [0.25, 0.3) is 5.69 Å². The van der Waals surface area contributed by atoms with Crippen LogP contribution >= 0.6 is 0 Å². The Morgan fingerprint density at radius 2 is 2.06 bits per heavy atom. The monoisotopic (exact) mass is 235 g/mol. The lowest BCUT2D eigenvalue weighted by atomic mass is 10.2. The molecule has 0 aromatic heterocycles. The molecular weight excluding hydrogens is 222 g/mol. The van der Waals surface area contributed by atoms with Gasteiger partial charge < -0.3 is 4.74 Å². The zero-order valence-electron chi connectivity index (χ0n) is 9.46. The van der Waals surface area contributed by atoms with Crippen molar-refractivity contribution in [1.29, 1.82) is 0 Å². The molecule has 0 saturated heterocycles. The van der Waals surface area contributed by atoms with Gasteiger partial charge in [-0.25, -0.2) is 0 Å². The number of ether oxygens (including phenoxy) is 1. The third-order valence-corrected chi connectivity index (χ3v) is 2.94. The Hall–Kier alpha value is -1.91. The number of hydrogen-bond donors (Lipinski definition) is 0. The van der Waals surface area contributed by atoms with Crippen molar-refractivity contribution in [3.05, 3.63) is 39.9 Å². The van der Waals surface area contributed by atoms with Crippen molar-refractivity contribution in [1.82, 2.24) is 0 Å². The summed E-state index contributed by atoms with van der Waals surface area (Å²) in [6.07, 6.45) is 0.902. The summed E-state index contributed by atoms with van der Waals surface area (Å²) < 4.78 is 5.11. The van der Waals surface area contributed by atoms with Crippen LogP contribution in [-0.2, 0) is 16.1 Å². The minimum Gasteiger partial charge on any atom is -0.461 e. The number of rotatable bonds is 4. The second-order valence-corrected chi connectivity index (χ2v) is 4.35. The number of nitrogens with zero attached hydrogens (tertiary/aromatic N) is 1. The first-order valence-electron chi connectivity index (χ1n) is 5.48. The van der Waals surface area contributed by atoms with Gasteiger partial charge in [-0.3, -0.25) is 14.9 Å². The maximum absolute atomic E-state index is 11.4. The Bertz CT molecular complexity index is 440. The first-order valence-corrected chi connectivity index (χ1v) is 5.48. The summed E-state index contributed by atoms with van der Waals surface area (Å²) in [4.78, 5) is 21.4. The van der Waals surface area contributed by atoms with Gasteiger partial charge in [0.1, 0.15) is 6.61 Å². The molecule has 17 heavy (non-hydrogen) atoms. The van der Waals surface area contributed by atoms with Crippen LogP contribution in [0.15, 0.2) is 24.3 Å². The lowest BCUT2D eigenvalue weighted by molar-refractivity contribution is -0.384. The highest BCUT2D eigenvalue weighted by Gasteiger charge is 2.40. The van der Waals surface area contributed by atoms with E-state index in [0.29, 0.717) is 5.92 Å². The van der Waals surface area contributed by atoms with Gasteiger partial charge in [0, 0.05) is 12.1 Å². The molecule has 2 atom stereocenters. The van der Waals surface area contributed by atoms with E-state index in [1.807, 2.05) is 6.92 Å². The van der Waals surface area contributed by atoms with Crippen LogP contribution in [0.5, 0.6) is 0 Å². The predicted molar refractivity (Wildman–Crippen MR) is 60.2 cm³/mol. The SMILES string of the molecule is CC1CC1C(=O)OCc1ccc([N+](=O)[O-])cc1. The highest BCUT2D eigenvalue weighted by atomic mass is 16.6. The van der Waals surface area contributed by atoms with E-state index < -0.39 is 4.92 Å². The molecule has 0 bridgehead atoms. The topological polar surface area (TPSA) is 69.4 Å². The van der Waals surface area contributed by atoms with Gasteiger partial charge >= 0.3 is 5.97 Å². The first kappa shape index (κ1) is 11.6. The van der Waals surface area contributed by atoms with E-state index in [2.05, 4.69) is 0 Å². The van der Waals surface area contributed by atoms with Gasteiger partial charge in [-0.1, -0.05) is 6.92 Å². The number of carbonyl (C=O) groups is 1. The van der Waals surface area contributed by atoms with Crippen LogP contribution in [0, 0.1) is 22.0 Å². The minimum absolute atomic E-state index is 0.0379. The van der Waals surface area contributed by atoms with E-state index in [9.17, 15) is 14.9 Å². The summed E-state index contributed by atoms with van der Waals surface area (Å²) in [5.74, 6) is 0.309. The Morgan fingerprint density at radius 3 is 2.53 bits per heavy atom. The van der Waals surface area contributed by atoms with Crippen LogP contribution in [0.2, 0.25) is 0 Å². The molecule has 1 aromatic rings. The maximum Gasteiger partial charge on any atom is 0.309 e. The van der Waals surface area contributed by atoms with Gasteiger partial charge in [0.2, 0.25) is 0 Å². The molecule has 0 aliphatic heterocycles. The molecule has 5 nitrogen and oxygen atoms in total. The molecule has 2 rings (SSSR count). The Labute approximate surface area is 98.5 Å². The smallest absolute Gasteiger partial charge is 0.309 e. The third kappa shape index (κ3) is 2.81. The summed E-state index contributed by atoms with van der Waals surface area (Å²) in [6, 6.07) is 6.01. The second kappa shape index (κ2) is 4.53. The number of esters is 1. The lowest BCUT2D eigenvalue weighted by Gasteiger charge is -2.03. The average molecular weight is 235 g/mol. The fourth-order valence-corrected chi connectivity index (χ4v) is 1.63. The maximum atomic E-state index is 11.4. The van der Waals surface area contributed by atoms with Gasteiger partial charge in [-0.15, -0.1) is 0 Å². The van der Waals surface area contributed by atoms with Crippen LogP contribution in [0.1, 0.15) is 18.9 Å². The summed E-state index contributed by atoms with van der Waals surface area (Å²) in [7, 11) is 0. The van der Waals surface area contributed by atoms with Crippen molar-refractivity contribution in [2.24, 2.45) is 11.8 Å². The molecule has 1 saturated carbocycles. The highest BCUT2D eigenvalue weighted by Crippen LogP contribution is 2.38. The summed E-state index contributed by atoms with van der Waals surface area (Å²) in [6.45, 7) is 2.19. The molecule has 0 amide bonds. The minimum atomic E-state index is -0.457. The van der Waals surface area contributed by atoms with Crippen molar-refractivity contribution < 1.29 is 14.5 Å². The number of benzene rings is 1. The standard InChI is InChI=1S/C12H13NO4/c1-8-6-11(8)12(14)17-7-9-2-4-10(5-3-9)13(15)16/h2-5,8,11H,6-7H2,1H3. The van der Waals surface area contributed by atoms with E-state index in [-0.39, 0.29) is 24.2 Å². The van der Waals surface area contributed by atoms with Crippen LogP contribution in [0.4, 0.5) is 5.69 Å². The molecule has 90 valence electrons. The van der Waals surface area contributed by atoms with E-state index in [1.165, 1.54) is 12.1 Å². The number of nitro benzene ring substituents is 1. The molecule has 1 aliphatic rings. The van der Waals surface area contributed by atoms with Crippen LogP contribution in [0.3, 0.4) is 0 Å². The van der Waals surface area contributed by atoms with Crippen molar-refractivity contribution in [2.45, 2.75) is 20.0 Å². The molecule has 0 heterocycles. The van der Waals surface area contributed by atoms with E-state index in [0.717, 1.165) is 12.0 Å². The van der Waals surface area contributed by atoms with Crippen molar-refractivity contribution in [3.63, 3.8) is 0 Å². The number of carbonyl (C=O) groups excluding carboxylic acids is 1. The van der Waals surface area contributed by atoms with E-state index >= 15 is 0 Å². The van der Waals surface area contributed by atoms with Crippen LogP contribution < -0.4 is 0 Å². The number of non-ortho nitro benzene ring substituents is 1. The van der Waals surface area contributed by atoms with Crippen LogP contribution in [-0.4, -0.2) is 10.9 Å². The fraction of sp³-hybridized carbons (Fsp3) is 0.417. The Balaban J connectivity index is 1.86. The predicted octanol–water partition coefficient (Wildman–Crippen LogP) is 2.29. The van der Waals surface area contributed by atoms with Gasteiger partial charge in [-0.05, 0) is 30.0 Å². The molecule has 0 spiro atoms. The summed E-state index contributed by atoms with van der Waals surface area (Å²) >= 11 is 0. The van der Waals surface area contributed by atoms with E-state index in [4.69, 9.17) is 4.74 Å². The fourth-order valence-electron chi connectivity index (χ4n) is 1.63. The molecule has 1 fully saturated rings. The molecular formula is C12H13NO4. The lowest BCUT2D eigenvalue weighted by Crippen LogP contribution is -2.07. The highest BCUT2D eigenvalue weighted by molar-refractivity contribution is 5.75. The Morgan fingerprint density at radius 1 is 1.47 bits per heavy atom. The third-order valence-electron chi connectivity index (χ3n) is 2.94. The van der Waals surface area contributed by atoms with Gasteiger partial charge in [-0.2, -0.15) is 0 Å². The molecule has 1 aliphatic carbocycles. The molecule has 2 unspecified atom stereocenters. The first-order chi connectivity index (χ1) is 8.08. The molecule has 1 aromatic carbocycles. The zero-order chi connectivity index (χ0) is 12.4. The van der Waals surface area contributed by atoms with Crippen molar-refractivity contribution in [2.75, 3.05) is 0 Å². The average Bonchev–Trinajstić information content (AvgIpc) is 3.04. The van der Waals surface area contributed by atoms with Crippen LogP contribution in [0.25, 0.3) is 0 Å². The zero-order valence-corrected chi connectivity index (χ0v) is 9.46. The summed E-state index contributed by atoms with van der Waals surface area (Å²) in [5.41, 5.74) is 0.799. The number of nitro groups is 1. The van der Waals surface area contributed by atoms with Gasteiger partial charge in [0.05, 0.1) is 10.8 Å². The van der Waals surface area contributed by atoms with E-state index in [1.54, 1.807) is 12.1 Å². The molecule has 5 heteroatoms. The summed E-state index contributed by atoms with van der Waals surface area (Å²) in [5, 5.41) is 10.4. The molecule has 0 radical (unpaired) electrons. The quantitative estimate of drug-likeness (QED) is 0.456. The molecule has 0 N–H and O–H groups in total. The largest absolute Gasteiger partial charge is 0.461 e. The van der Waals surface area contributed by atoms with Gasteiger partial charge in [0.15, 0.2) is 0 Å². The van der Waals surface area contributed by atoms with Crippen molar-refractivity contribution in [3.8, 4) is 0 Å². The second-order valence-electron chi connectivity index (χ2n) is 4.35. The Kier molecular flexibility index (Phi) is 3.08. The van der Waals surface area contributed by atoms with Crippen molar-refractivity contribution >= 4 is 11.7 Å². The number of hydrogen-bond acceptors (Lipinski definition) is 4.